The zero-order valence-corrected chi connectivity index (χ0v) is 27.9. The van der Waals surface area contributed by atoms with Crippen LogP contribution >= 0.6 is 0 Å². The Morgan fingerprint density at radius 2 is 1.22 bits per heavy atom. The van der Waals surface area contributed by atoms with Crippen LogP contribution in [0.3, 0.4) is 0 Å². The normalized spacial score (nSPS) is 12.0. The molecule has 0 fully saturated rings. The second kappa shape index (κ2) is 15.6. The standard InChI is InChI=1S/C42H40N4O3/c1-3-4-24-39(47)38(40(48)30-49-2)29-31-25-27-32(28-26-31)36-22-14-15-23-37(36)41-43-45-46(44-41)42(33-16-8-5-9-17-33,34-18-10-6-11-19-34)35-20-12-7-13-21-35/h5-23,25-28,38H,3-4,24,29-30H2,1-2H3. The SMILES string of the molecule is CCCCC(=O)C(Cc1ccc(-c2ccccc2-c2nnn(C(c3ccccc3)(c3ccccc3)c3ccccc3)n2)cc1)C(=O)COC. The molecule has 0 aliphatic heterocycles. The fraction of sp³-hybridized carbons (Fsp3) is 0.214. The van der Waals surface area contributed by atoms with Gasteiger partial charge in [-0.2, -0.15) is 0 Å². The molecule has 7 heteroatoms. The van der Waals surface area contributed by atoms with E-state index in [-0.39, 0.29) is 18.2 Å². The lowest BCUT2D eigenvalue weighted by atomic mass is 9.77. The van der Waals surface area contributed by atoms with Gasteiger partial charge in [0.25, 0.3) is 0 Å². The number of ketones is 2. The smallest absolute Gasteiger partial charge is 0.205 e. The molecular weight excluding hydrogens is 608 g/mol. The van der Waals surface area contributed by atoms with Gasteiger partial charge in [-0.05, 0) is 51.4 Å². The van der Waals surface area contributed by atoms with Crippen LogP contribution in [0.1, 0.15) is 48.4 Å². The average molecular weight is 649 g/mol. The third-order valence-corrected chi connectivity index (χ3v) is 9.00. The Bertz CT molecular complexity index is 1880. The van der Waals surface area contributed by atoms with E-state index in [0.717, 1.165) is 51.8 Å². The molecule has 1 atom stereocenters. The van der Waals surface area contributed by atoms with Gasteiger partial charge in [-0.3, -0.25) is 9.59 Å². The zero-order chi connectivity index (χ0) is 34.1. The maximum Gasteiger partial charge on any atom is 0.205 e. The maximum absolute atomic E-state index is 13.0. The first-order chi connectivity index (χ1) is 24.1. The minimum atomic E-state index is -0.878. The Morgan fingerprint density at radius 1 is 0.694 bits per heavy atom. The molecule has 0 amide bonds. The van der Waals surface area contributed by atoms with Crippen LogP contribution in [-0.4, -0.2) is 45.5 Å². The van der Waals surface area contributed by atoms with E-state index in [1.54, 1.807) is 4.80 Å². The Balaban J connectivity index is 1.38. The van der Waals surface area contributed by atoms with Gasteiger partial charge in [-0.1, -0.05) is 153 Å². The molecule has 0 saturated heterocycles. The first kappa shape index (κ1) is 33.4. The molecule has 246 valence electrons. The van der Waals surface area contributed by atoms with Gasteiger partial charge < -0.3 is 4.74 Å². The number of methoxy groups -OCH3 is 1. The number of aromatic nitrogens is 4. The quantitative estimate of drug-likeness (QED) is 0.0829. The largest absolute Gasteiger partial charge is 0.377 e. The van der Waals surface area contributed by atoms with Gasteiger partial charge >= 0.3 is 0 Å². The molecule has 0 spiro atoms. The third kappa shape index (κ3) is 7.03. The number of carbonyl (C=O) groups excluding carboxylic acids is 2. The number of hydrogen-bond acceptors (Lipinski definition) is 6. The second-order valence-corrected chi connectivity index (χ2v) is 12.2. The summed E-state index contributed by atoms with van der Waals surface area (Å²) in [5, 5.41) is 14.5. The lowest BCUT2D eigenvalue weighted by molar-refractivity contribution is -0.135. The summed E-state index contributed by atoms with van der Waals surface area (Å²) in [4.78, 5) is 27.5. The Kier molecular flexibility index (Phi) is 10.6. The summed E-state index contributed by atoms with van der Waals surface area (Å²) in [7, 11) is 1.48. The molecule has 7 nitrogen and oxygen atoms in total. The molecule has 0 saturated carbocycles. The highest BCUT2D eigenvalue weighted by Gasteiger charge is 2.41. The van der Waals surface area contributed by atoms with Crippen molar-refractivity contribution in [1.82, 2.24) is 20.2 Å². The van der Waals surface area contributed by atoms with Crippen LogP contribution in [0.25, 0.3) is 22.5 Å². The number of unbranched alkanes of at least 4 members (excludes halogenated alkanes) is 1. The highest BCUT2D eigenvalue weighted by Crippen LogP contribution is 2.40. The van der Waals surface area contributed by atoms with E-state index in [4.69, 9.17) is 15.0 Å². The topological polar surface area (TPSA) is 87.0 Å². The van der Waals surface area contributed by atoms with Crippen molar-refractivity contribution in [3.05, 3.63) is 162 Å². The molecule has 0 bridgehead atoms. The van der Waals surface area contributed by atoms with Crippen molar-refractivity contribution in [2.75, 3.05) is 13.7 Å². The predicted octanol–water partition coefficient (Wildman–Crippen LogP) is 7.98. The molecule has 0 aliphatic carbocycles. The van der Waals surface area contributed by atoms with Crippen molar-refractivity contribution in [3.63, 3.8) is 0 Å². The molecule has 0 N–H and O–H groups in total. The minimum absolute atomic E-state index is 0.0231. The van der Waals surface area contributed by atoms with Gasteiger partial charge in [0.2, 0.25) is 5.82 Å². The lowest BCUT2D eigenvalue weighted by Crippen LogP contribution is -2.39. The number of tetrazole rings is 1. The molecule has 5 aromatic carbocycles. The van der Waals surface area contributed by atoms with Gasteiger partial charge in [0.15, 0.2) is 11.3 Å². The predicted molar refractivity (Wildman–Crippen MR) is 192 cm³/mol. The van der Waals surface area contributed by atoms with Crippen molar-refractivity contribution in [2.45, 2.75) is 38.1 Å². The number of hydrogen-bond donors (Lipinski definition) is 0. The molecule has 49 heavy (non-hydrogen) atoms. The molecule has 1 unspecified atom stereocenters. The van der Waals surface area contributed by atoms with Crippen molar-refractivity contribution >= 4 is 11.6 Å². The van der Waals surface area contributed by atoms with Crippen molar-refractivity contribution in [1.29, 1.82) is 0 Å². The van der Waals surface area contributed by atoms with Crippen LogP contribution in [-0.2, 0) is 26.3 Å². The fourth-order valence-corrected chi connectivity index (χ4v) is 6.51. The number of rotatable bonds is 15. The van der Waals surface area contributed by atoms with Crippen molar-refractivity contribution in [3.8, 4) is 22.5 Å². The molecule has 0 aliphatic rings. The first-order valence-corrected chi connectivity index (χ1v) is 16.8. The van der Waals surface area contributed by atoms with Crippen LogP contribution in [0, 0.1) is 5.92 Å². The summed E-state index contributed by atoms with van der Waals surface area (Å²) < 4.78 is 5.09. The summed E-state index contributed by atoms with van der Waals surface area (Å²) in [6.45, 7) is 1.97. The Morgan fingerprint density at radius 3 is 1.76 bits per heavy atom. The van der Waals surface area contributed by atoms with Crippen LogP contribution < -0.4 is 0 Å². The van der Waals surface area contributed by atoms with E-state index in [0.29, 0.717) is 18.7 Å². The van der Waals surface area contributed by atoms with Crippen LogP contribution in [0.4, 0.5) is 0 Å². The molecule has 0 radical (unpaired) electrons. The van der Waals surface area contributed by atoms with Gasteiger partial charge in [-0.25, -0.2) is 0 Å². The maximum atomic E-state index is 13.0. The molecule has 1 heterocycles. The summed E-state index contributed by atoms with van der Waals surface area (Å²) >= 11 is 0. The van der Waals surface area contributed by atoms with Crippen LogP contribution in [0.5, 0.6) is 0 Å². The van der Waals surface area contributed by atoms with E-state index >= 15 is 0 Å². The Hall–Kier alpha value is -5.53. The van der Waals surface area contributed by atoms with Gasteiger partial charge in [0.05, 0.1) is 5.92 Å². The van der Waals surface area contributed by atoms with E-state index < -0.39 is 11.5 Å². The summed E-state index contributed by atoms with van der Waals surface area (Å²) in [6, 6.07) is 46.9. The summed E-state index contributed by atoms with van der Waals surface area (Å²) in [6.07, 6.45) is 2.42. The second-order valence-electron chi connectivity index (χ2n) is 12.2. The van der Waals surface area contributed by atoms with E-state index in [2.05, 4.69) is 41.5 Å². The lowest BCUT2D eigenvalue weighted by Gasteiger charge is -2.34. The van der Waals surface area contributed by atoms with Crippen molar-refractivity contribution in [2.24, 2.45) is 5.92 Å². The number of benzene rings is 5. The van der Waals surface area contributed by atoms with E-state index in [9.17, 15) is 9.59 Å². The minimum Gasteiger partial charge on any atom is -0.377 e. The van der Waals surface area contributed by atoms with Gasteiger partial charge in [0.1, 0.15) is 12.4 Å². The van der Waals surface area contributed by atoms with Crippen molar-refractivity contribution < 1.29 is 14.3 Å². The number of nitrogens with zero attached hydrogens (tertiary/aromatic N) is 4. The summed E-state index contributed by atoms with van der Waals surface area (Å²) in [5.41, 5.74) is 5.83. The molecular formula is C42H40N4O3. The van der Waals surface area contributed by atoms with E-state index in [1.165, 1.54) is 7.11 Å². The molecule has 1 aromatic heterocycles. The molecule has 6 rings (SSSR count). The van der Waals surface area contributed by atoms with Crippen LogP contribution in [0.15, 0.2) is 140 Å². The summed E-state index contributed by atoms with van der Waals surface area (Å²) in [5.74, 6) is -0.406. The zero-order valence-electron chi connectivity index (χ0n) is 27.9. The van der Waals surface area contributed by atoms with Gasteiger partial charge in [-0.15, -0.1) is 15.0 Å². The number of ether oxygens (including phenoxy) is 1. The van der Waals surface area contributed by atoms with Gasteiger partial charge in [0, 0.05) is 19.1 Å². The fourth-order valence-electron chi connectivity index (χ4n) is 6.51. The monoisotopic (exact) mass is 648 g/mol. The van der Waals surface area contributed by atoms with E-state index in [1.807, 2.05) is 110 Å². The number of carbonyl (C=O) groups is 2. The third-order valence-electron chi connectivity index (χ3n) is 9.00. The first-order valence-electron chi connectivity index (χ1n) is 16.8. The average Bonchev–Trinajstić information content (AvgIpc) is 3.65. The molecule has 6 aromatic rings. The highest BCUT2D eigenvalue weighted by atomic mass is 16.5. The van der Waals surface area contributed by atoms with Crippen LogP contribution in [0.2, 0.25) is 0 Å². The Labute approximate surface area is 287 Å². The highest BCUT2D eigenvalue weighted by molar-refractivity contribution is 6.03. The number of Topliss-reactive ketones (excluding diaryl/α,β-unsaturated/α-hetero) is 2.